The van der Waals surface area contributed by atoms with E-state index in [0.29, 0.717) is 37.5 Å². The van der Waals surface area contributed by atoms with Gasteiger partial charge in [-0.3, -0.25) is 14.7 Å². The number of aryl methyl sites for hydroxylation is 1. The number of anilines is 1. The van der Waals surface area contributed by atoms with Crippen molar-refractivity contribution in [1.29, 1.82) is 0 Å². The van der Waals surface area contributed by atoms with E-state index >= 15 is 0 Å². The van der Waals surface area contributed by atoms with E-state index < -0.39 is 0 Å². The first-order chi connectivity index (χ1) is 14.9. The van der Waals surface area contributed by atoms with E-state index in [2.05, 4.69) is 19.9 Å². The van der Waals surface area contributed by atoms with Gasteiger partial charge in [0.1, 0.15) is 16.3 Å². The fourth-order valence-electron chi connectivity index (χ4n) is 3.93. The van der Waals surface area contributed by atoms with E-state index in [-0.39, 0.29) is 21.9 Å². The fraction of sp³-hybridized carbons (Fsp3) is 0.429. The number of aromatic nitrogens is 4. The Balaban J connectivity index is 1.85. The molecular formula is C21H25ClN6O3. The molecule has 1 saturated heterocycles. The van der Waals surface area contributed by atoms with Gasteiger partial charge in [0.2, 0.25) is 5.95 Å². The number of nitrogens with two attached hydrogens (primary N) is 1. The molecule has 3 aromatic rings. The minimum Gasteiger partial charge on any atom is -0.496 e. The van der Waals surface area contributed by atoms with Gasteiger partial charge in [0.15, 0.2) is 11.1 Å². The number of methoxy groups -OCH3 is 1. The van der Waals surface area contributed by atoms with Crippen LogP contribution in [0.1, 0.15) is 22.4 Å². The van der Waals surface area contributed by atoms with Crippen molar-refractivity contribution >= 4 is 28.6 Å². The molecule has 3 aromatic heterocycles. The summed E-state index contributed by atoms with van der Waals surface area (Å²) in [5.74, 6) is 0.800. The minimum absolute atomic E-state index is 0.0118. The van der Waals surface area contributed by atoms with Gasteiger partial charge in [-0.2, -0.15) is 4.98 Å². The number of hydrogen-bond acceptors (Lipinski definition) is 8. The summed E-state index contributed by atoms with van der Waals surface area (Å²) in [7, 11) is 1.64. The van der Waals surface area contributed by atoms with Gasteiger partial charge in [0, 0.05) is 48.7 Å². The Labute approximate surface area is 184 Å². The molecule has 0 aliphatic carbocycles. The second-order valence-electron chi connectivity index (χ2n) is 7.62. The van der Waals surface area contributed by atoms with Gasteiger partial charge in [-0.05, 0) is 13.8 Å². The molecular weight excluding hydrogens is 420 g/mol. The first-order valence-corrected chi connectivity index (χ1v) is 10.4. The molecule has 9 nitrogen and oxygen atoms in total. The van der Waals surface area contributed by atoms with E-state index in [1.54, 1.807) is 13.3 Å². The van der Waals surface area contributed by atoms with Crippen LogP contribution in [0.5, 0.6) is 5.75 Å². The van der Waals surface area contributed by atoms with Crippen molar-refractivity contribution in [2.75, 3.05) is 39.1 Å². The molecule has 0 amide bonds. The molecule has 10 heteroatoms. The smallest absolute Gasteiger partial charge is 0.223 e. The van der Waals surface area contributed by atoms with Crippen molar-refractivity contribution in [2.24, 2.45) is 0 Å². The number of morpholine rings is 1. The van der Waals surface area contributed by atoms with Crippen LogP contribution in [0.25, 0.3) is 11.0 Å². The van der Waals surface area contributed by atoms with Crippen molar-refractivity contribution in [2.45, 2.75) is 26.9 Å². The summed E-state index contributed by atoms with van der Waals surface area (Å²) in [4.78, 5) is 28.3. The molecule has 4 rings (SSSR count). The van der Waals surface area contributed by atoms with E-state index in [9.17, 15) is 4.79 Å². The molecule has 31 heavy (non-hydrogen) atoms. The van der Waals surface area contributed by atoms with Crippen LogP contribution in [0, 0.1) is 13.8 Å². The number of fused-ring (bicyclic) bond motifs is 1. The zero-order valence-electron chi connectivity index (χ0n) is 17.8. The molecule has 0 atom stereocenters. The molecule has 1 fully saturated rings. The monoisotopic (exact) mass is 444 g/mol. The normalized spacial score (nSPS) is 14.8. The zero-order chi connectivity index (χ0) is 22.1. The summed E-state index contributed by atoms with van der Waals surface area (Å²) in [6, 6.07) is 0. The molecule has 2 N–H and O–H groups in total. The third-order valence-corrected chi connectivity index (χ3v) is 5.81. The topological polar surface area (TPSA) is 108 Å². The number of hydrogen-bond donors (Lipinski definition) is 1. The summed E-state index contributed by atoms with van der Waals surface area (Å²) in [5, 5.41) is 0.314. The molecule has 1 aliphatic heterocycles. The lowest BCUT2D eigenvalue weighted by atomic mass is 10.1. The number of rotatable bonds is 5. The van der Waals surface area contributed by atoms with E-state index in [1.165, 1.54) is 0 Å². The lowest BCUT2D eigenvalue weighted by Gasteiger charge is -2.26. The first-order valence-electron chi connectivity index (χ1n) is 10.0. The quantitative estimate of drug-likeness (QED) is 0.594. The second-order valence-corrected chi connectivity index (χ2v) is 7.98. The fourth-order valence-corrected chi connectivity index (χ4v) is 4.19. The van der Waals surface area contributed by atoms with Gasteiger partial charge < -0.3 is 19.8 Å². The zero-order valence-corrected chi connectivity index (χ0v) is 18.6. The SMILES string of the molecule is COc1c(C)cnc(Cn2cc(CN3CCOCC3)c(=O)c3c(Cl)nc(N)nc32)c1C. The van der Waals surface area contributed by atoms with Gasteiger partial charge in [0.05, 0.1) is 32.6 Å². The van der Waals surface area contributed by atoms with Crippen LogP contribution in [0.3, 0.4) is 0 Å². The van der Waals surface area contributed by atoms with Gasteiger partial charge in [0.25, 0.3) is 0 Å². The van der Waals surface area contributed by atoms with Gasteiger partial charge in [-0.15, -0.1) is 0 Å². The van der Waals surface area contributed by atoms with Gasteiger partial charge >= 0.3 is 0 Å². The molecule has 0 saturated carbocycles. The molecule has 164 valence electrons. The number of halogens is 1. The molecule has 1 aliphatic rings. The van der Waals surface area contributed by atoms with Crippen LogP contribution in [0.15, 0.2) is 17.2 Å². The van der Waals surface area contributed by atoms with Crippen LogP contribution >= 0.6 is 11.6 Å². The third-order valence-electron chi connectivity index (χ3n) is 5.53. The summed E-state index contributed by atoms with van der Waals surface area (Å²) in [6.07, 6.45) is 3.59. The van der Waals surface area contributed by atoms with E-state index in [4.69, 9.17) is 26.8 Å². The Morgan fingerprint density at radius 2 is 1.97 bits per heavy atom. The summed E-state index contributed by atoms with van der Waals surface area (Å²) in [6.45, 7) is 7.60. The maximum absolute atomic E-state index is 13.2. The van der Waals surface area contributed by atoms with Crippen molar-refractivity contribution in [1.82, 2.24) is 24.4 Å². The standard InChI is InChI=1S/C21H25ClN6O3/c1-12-8-24-15(13(2)18(12)30-3)11-28-10-14(9-27-4-6-31-7-5-27)17(29)16-19(22)25-21(23)26-20(16)28/h8,10H,4-7,9,11H2,1-3H3,(H2,23,25,26). The summed E-state index contributed by atoms with van der Waals surface area (Å²) in [5.41, 5.74) is 9.34. The predicted octanol–water partition coefficient (Wildman–Crippen LogP) is 1.93. The Kier molecular flexibility index (Phi) is 6.08. The van der Waals surface area contributed by atoms with Crippen LogP contribution in [-0.4, -0.2) is 57.8 Å². The van der Waals surface area contributed by atoms with Crippen molar-refractivity contribution in [3.8, 4) is 5.75 Å². The predicted molar refractivity (Wildman–Crippen MR) is 119 cm³/mol. The number of nitrogens with zero attached hydrogens (tertiary/aromatic N) is 5. The van der Waals surface area contributed by atoms with Crippen LogP contribution < -0.4 is 15.9 Å². The number of ether oxygens (including phenoxy) is 2. The third kappa shape index (κ3) is 4.21. The van der Waals surface area contributed by atoms with Crippen molar-refractivity contribution < 1.29 is 9.47 Å². The van der Waals surface area contributed by atoms with Gasteiger partial charge in [-0.25, -0.2) is 4.98 Å². The highest BCUT2D eigenvalue weighted by atomic mass is 35.5. The highest BCUT2D eigenvalue weighted by Gasteiger charge is 2.20. The Morgan fingerprint density at radius 3 is 2.68 bits per heavy atom. The second kappa shape index (κ2) is 8.78. The average Bonchev–Trinajstić information content (AvgIpc) is 2.74. The van der Waals surface area contributed by atoms with Crippen LogP contribution in [0.2, 0.25) is 5.15 Å². The minimum atomic E-state index is -0.186. The maximum Gasteiger partial charge on any atom is 0.223 e. The largest absolute Gasteiger partial charge is 0.496 e. The molecule has 0 bridgehead atoms. The highest BCUT2D eigenvalue weighted by molar-refractivity contribution is 6.34. The lowest BCUT2D eigenvalue weighted by Crippen LogP contribution is -2.37. The highest BCUT2D eigenvalue weighted by Crippen LogP contribution is 2.26. The number of pyridine rings is 2. The molecule has 4 heterocycles. The van der Waals surface area contributed by atoms with Gasteiger partial charge in [-0.1, -0.05) is 11.6 Å². The molecule has 0 aromatic carbocycles. The van der Waals surface area contributed by atoms with E-state index in [0.717, 1.165) is 35.7 Å². The summed E-state index contributed by atoms with van der Waals surface area (Å²) < 4.78 is 12.8. The van der Waals surface area contributed by atoms with Crippen molar-refractivity contribution in [3.05, 3.63) is 50.2 Å². The first kappa shape index (κ1) is 21.5. The van der Waals surface area contributed by atoms with Crippen LogP contribution in [0.4, 0.5) is 5.95 Å². The Hall–Kier alpha value is -2.75. The van der Waals surface area contributed by atoms with Crippen molar-refractivity contribution in [3.63, 3.8) is 0 Å². The average molecular weight is 445 g/mol. The lowest BCUT2D eigenvalue weighted by molar-refractivity contribution is 0.0340. The Morgan fingerprint density at radius 1 is 1.23 bits per heavy atom. The molecule has 0 radical (unpaired) electrons. The van der Waals surface area contributed by atoms with Crippen LogP contribution in [-0.2, 0) is 17.8 Å². The van der Waals surface area contributed by atoms with E-state index in [1.807, 2.05) is 24.6 Å². The summed E-state index contributed by atoms with van der Waals surface area (Å²) >= 11 is 6.34. The molecule has 0 unspecified atom stereocenters. The Bertz CT molecular complexity index is 1190. The number of nitrogen functional groups attached to an aromatic ring is 1. The maximum atomic E-state index is 13.2. The molecule has 0 spiro atoms.